The van der Waals surface area contributed by atoms with Gasteiger partial charge in [-0.1, -0.05) is 84.4 Å². The fourth-order valence-corrected chi connectivity index (χ4v) is 8.59. The van der Waals surface area contributed by atoms with E-state index in [4.69, 9.17) is 30.8 Å². The minimum atomic E-state index is -0.208. The van der Waals surface area contributed by atoms with Gasteiger partial charge in [-0.05, 0) is 97.4 Å². The second-order valence-corrected chi connectivity index (χ2v) is 16.8. The van der Waals surface area contributed by atoms with Gasteiger partial charge >= 0.3 is 0 Å². The quantitative estimate of drug-likeness (QED) is 0.0844. The van der Waals surface area contributed by atoms with Gasteiger partial charge in [-0.25, -0.2) is 4.98 Å². The molecule has 1 aliphatic rings. The number of halogens is 1. The summed E-state index contributed by atoms with van der Waals surface area (Å²) in [7, 11) is 2.07. The molecule has 0 radical (unpaired) electrons. The number of β-amino-alcohol motifs (C(OH)–C–C–N with tert-alkyl or cyclic N) is 1. The number of nitriles is 1. The number of aromatic nitrogens is 3. The molecule has 0 spiro atoms. The van der Waals surface area contributed by atoms with Crippen LogP contribution in [0, 0.1) is 25.2 Å². The molecule has 1 fully saturated rings. The molecular formula is C52H53ClN6O4. The first-order valence-corrected chi connectivity index (χ1v) is 21.9. The Hall–Kier alpha value is -6.22. The molecule has 3 heterocycles. The first-order valence-electron chi connectivity index (χ1n) is 21.5. The van der Waals surface area contributed by atoms with E-state index in [2.05, 4.69) is 113 Å². The van der Waals surface area contributed by atoms with Crippen molar-refractivity contribution in [3.05, 3.63) is 171 Å². The molecule has 1 N–H and O–H groups in total. The number of imidazole rings is 1. The molecule has 1 unspecified atom stereocenters. The number of pyridine rings is 1. The zero-order valence-electron chi connectivity index (χ0n) is 36.1. The second-order valence-electron chi connectivity index (χ2n) is 16.4. The van der Waals surface area contributed by atoms with Crippen LogP contribution in [0.1, 0.15) is 57.6 Å². The predicted octanol–water partition coefficient (Wildman–Crippen LogP) is 9.91. The zero-order chi connectivity index (χ0) is 43.7. The predicted molar refractivity (Wildman–Crippen MR) is 248 cm³/mol. The lowest BCUT2D eigenvalue weighted by Crippen LogP contribution is -2.24. The van der Waals surface area contributed by atoms with E-state index in [9.17, 15) is 10.4 Å². The number of fused-ring (bicyclic) bond motifs is 1. The van der Waals surface area contributed by atoms with E-state index in [1.807, 2.05) is 36.4 Å². The molecule has 11 heteroatoms. The fraction of sp³-hybridized carbons (Fsp3) is 0.288. The van der Waals surface area contributed by atoms with Crippen molar-refractivity contribution in [1.29, 1.82) is 5.26 Å². The monoisotopic (exact) mass is 860 g/mol. The van der Waals surface area contributed by atoms with Gasteiger partial charge < -0.3 is 28.8 Å². The third-order valence-corrected chi connectivity index (χ3v) is 12.0. The van der Waals surface area contributed by atoms with Crippen molar-refractivity contribution in [3.63, 3.8) is 0 Å². The Balaban J connectivity index is 0.999. The Labute approximate surface area is 374 Å². The molecule has 0 bridgehead atoms. The number of likely N-dealkylation sites (tertiary alicyclic amines) is 1. The largest absolute Gasteiger partial charge is 0.493 e. The van der Waals surface area contributed by atoms with E-state index >= 15 is 0 Å². The lowest BCUT2D eigenvalue weighted by molar-refractivity contribution is 0.173. The number of rotatable bonds is 18. The smallest absolute Gasteiger partial charge is 0.142 e. The summed E-state index contributed by atoms with van der Waals surface area (Å²) in [6.45, 7) is 9.77. The number of nitrogens with zero attached hydrogens (tertiary/aromatic N) is 6. The maximum Gasteiger partial charge on any atom is 0.142 e. The highest BCUT2D eigenvalue weighted by atomic mass is 35.5. The highest BCUT2D eigenvalue weighted by Crippen LogP contribution is 2.37. The van der Waals surface area contributed by atoms with Crippen LogP contribution in [0.3, 0.4) is 0 Å². The minimum Gasteiger partial charge on any atom is -0.493 e. The summed E-state index contributed by atoms with van der Waals surface area (Å²) >= 11 is 7.05. The van der Waals surface area contributed by atoms with Gasteiger partial charge in [-0.2, -0.15) is 5.26 Å². The van der Waals surface area contributed by atoms with Crippen LogP contribution in [0.25, 0.3) is 22.2 Å². The van der Waals surface area contributed by atoms with Gasteiger partial charge in [0.05, 0.1) is 40.9 Å². The van der Waals surface area contributed by atoms with Crippen LogP contribution in [0.4, 0.5) is 0 Å². The van der Waals surface area contributed by atoms with Gasteiger partial charge in [0.2, 0.25) is 0 Å². The molecule has 63 heavy (non-hydrogen) atoms. The molecule has 1 saturated heterocycles. The van der Waals surface area contributed by atoms with Gasteiger partial charge in [-0.15, -0.1) is 0 Å². The average molecular weight is 861 g/mol. The Morgan fingerprint density at radius 2 is 1.57 bits per heavy atom. The van der Waals surface area contributed by atoms with Gasteiger partial charge in [0.25, 0.3) is 0 Å². The maximum absolute atomic E-state index is 9.86. The van der Waals surface area contributed by atoms with E-state index < -0.39 is 0 Å². The Morgan fingerprint density at radius 3 is 2.38 bits per heavy atom. The van der Waals surface area contributed by atoms with Gasteiger partial charge in [0.1, 0.15) is 42.4 Å². The van der Waals surface area contributed by atoms with E-state index in [1.54, 1.807) is 12.3 Å². The maximum atomic E-state index is 9.86. The number of aliphatic hydroxyl groups is 1. The Morgan fingerprint density at radius 1 is 0.794 bits per heavy atom. The zero-order valence-corrected chi connectivity index (χ0v) is 36.9. The molecule has 2 aromatic heterocycles. The number of benzene rings is 5. The van der Waals surface area contributed by atoms with Crippen molar-refractivity contribution in [2.75, 3.05) is 33.3 Å². The van der Waals surface area contributed by atoms with Gasteiger partial charge in [0.15, 0.2) is 0 Å². The Bertz CT molecular complexity index is 2710. The van der Waals surface area contributed by atoms with Crippen LogP contribution < -0.4 is 14.2 Å². The van der Waals surface area contributed by atoms with E-state index in [0.717, 1.165) is 94.0 Å². The fourth-order valence-electron chi connectivity index (χ4n) is 8.35. The first kappa shape index (κ1) is 43.4. The lowest BCUT2D eigenvalue weighted by atomic mass is 9.93. The van der Waals surface area contributed by atoms with Crippen molar-refractivity contribution in [3.8, 4) is 34.4 Å². The van der Waals surface area contributed by atoms with Crippen LogP contribution in [0.15, 0.2) is 122 Å². The first-order chi connectivity index (χ1) is 30.7. The molecule has 0 aliphatic carbocycles. The van der Waals surface area contributed by atoms with Crippen LogP contribution in [0.5, 0.6) is 17.2 Å². The van der Waals surface area contributed by atoms with Crippen LogP contribution in [-0.4, -0.2) is 68.8 Å². The molecule has 8 rings (SSSR count). The average Bonchev–Trinajstić information content (AvgIpc) is 3.87. The summed E-state index contributed by atoms with van der Waals surface area (Å²) in [4.78, 5) is 13.8. The Kier molecular flexibility index (Phi) is 14.0. The second kappa shape index (κ2) is 20.3. The summed E-state index contributed by atoms with van der Waals surface area (Å²) in [5.74, 6) is 2.96. The SMILES string of the molecule is Cc1c(COc2cc(OCc3cncc(C#N)c3)c(CN(C)Cc3nc4ccccc4n3Cc3ccccc3)cc2Cl)cccc1-c1cccc(OCCCN2CCC(O)C2)c1C. The third kappa shape index (κ3) is 10.7. The number of ether oxygens (including phenoxy) is 3. The molecule has 0 saturated carbocycles. The molecule has 1 atom stereocenters. The molecule has 5 aromatic carbocycles. The third-order valence-electron chi connectivity index (χ3n) is 11.7. The van der Waals surface area contributed by atoms with Crippen molar-refractivity contribution in [2.24, 2.45) is 0 Å². The van der Waals surface area contributed by atoms with E-state index in [-0.39, 0.29) is 12.7 Å². The van der Waals surface area contributed by atoms with Gasteiger partial charge in [-0.3, -0.25) is 9.88 Å². The van der Waals surface area contributed by atoms with E-state index in [0.29, 0.717) is 54.9 Å². The molecule has 0 amide bonds. The number of para-hydroxylation sites is 2. The molecule has 322 valence electrons. The van der Waals surface area contributed by atoms with E-state index in [1.165, 1.54) is 11.8 Å². The summed E-state index contributed by atoms with van der Waals surface area (Å²) in [6, 6.07) is 38.9. The van der Waals surface area contributed by atoms with Gasteiger partial charge in [0, 0.05) is 62.3 Å². The van der Waals surface area contributed by atoms with Crippen LogP contribution >= 0.6 is 11.6 Å². The standard InChI is InChI=1S/C52H53ClN6O4/c1-36-41(14-9-15-44(36)45-16-10-19-49(37(45)2)61-23-11-21-58-22-20-43(60)32-58)35-63-51-26-50(62-34-40-24-39(27-54)28-55-29-40)42(25-46(51)53)31-57(3)33-52-56-47-17-7-8-18-48(47)59(52)30-38-12-5-4-6-13-38/h4-10,12-19,24-26,28-29,43,60H,11,20-23,30-35H2,1-3H3. The van der Waals surface area contributed by atoms with Crippen LogP contribution in [0.2, 0.25) is 5.02 Å². The molecular weight excluding hydrogens is 808 g/mol. The normalized spacial score (nSPS) is 14.0. The number of hydrogen-bond acceptors (Lipinski definition) is 9. The minimum absolute atomic E-state index is 0.207. The summed E-state index contributed by atoms with van der Waals surface area (Å²) in [6.07, 6.45) is 4.79. The molecule has 1 aliphatic heterocycles. The number of aliphatic hydroxyl groups excluding tert-OH is 1. The molecule has 10 nitrogen and oxygen atoms in total. The highest BCUT2D eigenvalue weighted by Gasteiger charge is 2.21. The summed E-state index contributed by atoms with van der Waals surface area (Å²) in [5, 5.41) is 19.8. The molecule has 7 aromatic rings. The van der Waals surface area contributed by atoms with Crippen molar-refractivity contribution in [2.45, 2.75) is 65.6 Å². The van der Waals surface area contributed by atoms with Crippen molar-refractivity contribution < 1.29 is 19.3 Å². The topological polar surface area (TPSA) is 109 Å². The summed E-state index contributed by atoms with van der Waals surface area (Å²) in [5.41, 5.74) is 10.8. The van der Waals surface area contributed by atoms with Crippen LogP contribution in [-0.2, 0) is 32.8 Å². The highest BCUT2D eigenvalue weighted by molar-refractivity contribution is 6.32. The van der Waals surface area contributed by atoms with Crippen molar-refractivity contribution in [1.82, 2.24) is 24.3 Å². The van der Waals surface area contributed by atoms with Crippen molar-refractivity contribution >= 4 is 22.6 Å². The lowest BCUT2D eigenvalue weighted by Gasteiger charge is -2.21. The summed E-state index contributed by atoms with van der Waals surface area (Å²) < 4.78 is 21.6. The number of hydrogen-bond donors (Lipinski definition) is 1.